The number of benzene rings is 1. The van der Waals surface area contributed by atoms with Crippen LogP contribution in [0.4, 0.5) is 11.6 Å². The van der Waals surface area contributed by atoms with Crippen molar-refractivity contribution in [2.75, 3.05) is 11.5 Å². The summed E-state index contributed by atoms with van der Waals surface area (Å²) < 4.78 is 0. The molecule has 6 N–H and O–H groups in total. The molecule has 7 heteroatoms. The first-order chi connectivity index (χ1) is 8.63. The van der Waals surface area contributed by atoms with Crippen molar-refractivity contribution in [2.24, 2.45) is 0 Å². The summed E-state index contributed by atoms with van der Waals surface area (Å²) in [4.78, 5) is 25.1. The lowest BCUT2D eigenvalue weighted by atomic mass is 10.2. The number of hydrogen-bond acceptors (Lipinski definition) is 5. The van der Waals surface area contributed by atoms with E-state index in [1.165, 1.54) is 0 Å². The largest absolute Gasteiger partial charge is 0.399 e. The first-order valence-electron chi connectivity index (χ1n) is 5.25. The number of fused-ring (bicyclic) bond motifs is 1. The molecule has 7 nitrogen and oxygen atoms in total. The number of aromatic nitrogens is 4. The summed E-state index contributed by atoms with van der Waals surface area (Å²) >= 11 is 0. The fraction of sp³-hybridized carbons (Fsp3) is 0. The third-order valence-corrected chi connectivity index (χ3v) is 2.54. The van der Waals surface area contributed by atoms with Gasteiger partial charge in [0.15, 0.2) is 11.2 Å². The van der Waals surface area contributed by atoms with Gasteiger partial charge in [-0.3, -0.25) is 9.78 Å². The smallest absolute Gasteiger partial charge is 0.278 e. The van der Waals surface area contributed by atoms with Crippen LogP contribution in [0.3, 0.4) is 0 Å². The van der Waals surface area contributed by atoms with E-state index in [1.807, 2.05) is 12.1 Å². The Hall–Kier alpha value is -2.83. The highest BCUT2D eigenvalue weighted by Crippen LogP contribution is 2.19. The summed E-state index contributed by atoms with van der Waals surface area (Å²) in [5.41, 5.74) is 12.8. The van der Waals surface area contributed by atoms with Crippen molar-refractivity contribution in [2.45, 2.75) is 0 Å². The van der Waals surface area contributed by atoms with E-state index in [1.54, 1.807) is 12.1 Å². The zero-order valence-electron chi connectivity index (χ0n) is 9.27. The Kier molecular flexibility index (Phi) is 2.06. The van der Waals surface area contributed by atoms with Gasteiger partial charge in [0, 0.05) is 11.3 Å². The molecule has 0 aliphatic rings. The summed E-state index contributed by atoms with van der Waals surface area (Å²) in [6.07, 6.45) is 0. The van der Waals surface area contributed by atoms with Gasteiger partial charge in [0.1, 0.15) is 5.82 Å². The zero-order chi connectivity index (χ0) is 12.7. The molecule has 0 aliphatic heterocycles. The highest BCUT2D eigenvalue weighted by molar-refractivity contribution is 5.76. The molecule has 0 saturated carbocycles. The van der Waals surface area contributed by atoms with E-state index < -0.39 is 0 Å². The van der Waals surface area contributed by atoms with Crippen LogP contribution in [-0.4, -0.2) is 19.9 Å². The van der Waals surface area contributed by atoms with E-state index >= 15 is 0 Å². The van der Waals surface area contributed by atoms with Gasteiger partial charge in [-0.25, -0.2) is 4.98 Å². The molecule has 0 atom stereocenters. The van der Waals surface area contributed by atoms with Crippen LogP contribution in [0.1, 0.15) is 0 Å². The van der Waals surface area contributed by atoms with E-state index in [0.29, 0.717) is 17.0 Å². The molecule has 0 spiro atoms. The SMILES string of the molecule is Nc1cccc(-c2nc3nc(N)[nH]c(=O)c3[nH]2)c1. The molecule has 2 aromatic heterocycles. The third-order valence-electron chi connectivity index (χ3n) is 2.54. The van der Waals surface area contributed by atoms with E-state index in [9.17, 15) is 4.79 Å². The highest BCUT2D eigenvalue weighted by Gasteiger charge is 2.10. The third kappa shape index (κ3) is 1.58. The number of nitrogen functional groups attached to an aromatic ring is 2. The second-order valence-corrected chi connectivity index (χ2v) is 3.86. The number of rotatable bonds is 1. The first-order valence-corrected chi connectivity index (χ1v) is 5.25. The van der Waals surface area contributed by atoms with Gasteiger partial charge in [-0.1, -0.05) is 12.1 Å². The number of aromatic amines is 2. The minimum Gasteiger partial charge on any atom is -0.399 e. The Bertz CT molecular complexity index is 788. The fourth-order valence-corrected chi connectivity index (χ4v) is 1.75. The lowest BCUT2D eigenvalue weighted by molar-refractivity contribution is 1.17. The maximum absolute atomic E-state index is 11.6. The molecule has 0 radical (unpaired) electrons. The molecule has 90 valence electrons. The van der Waals surface area contributed by atoms with Crippen molar-refractivity contribution < 1.29 is 0 Å². The Morgan fingerprint density at radius 1 is 1.11 bits per heavy atom. The number of nitrogens with zero attached hydrogens (tertiary/aromatic N) is 2. The first kappa shape index (κ1) is 10.3. The molecule has 0 unspecified atom stereocenters. The van der Waals surface area contributed by atoms with Gasteiger partial charge >= 0.3 is 0 Å². The minimum absolute atomic E-state index is 0.0399. The van der Waals surface area contributed by atoms with E-state index in [2.05, 4.69) is 19.9 Å². The van der Waals surface area contributed by atoms with Gasteiger partial charge in [0.2, 0.25) is 5.95 Å². The quantitative estimate of drug-likeness (QED) is 0.461. The van der Waals surface area contributed by atoms with Crippen molar-refractivity contribution in [3.05, 3.63) is 34.6 Å². The normalized spacial score (nSPS) is 10.9. The van der Waals surface area contributed by atoms with Gasteiger partial charge in [0.05, 0.1) is 0 Å². The summed E-state index contributed by atoms with van der Waals surface area (Å²) in [5.74, 6) is 0.569. The molecule has 2 heterocycles. The molecular weight excluding hydrogens is 232 g/mol. The van der Waals surface area contributed by atoms with Crippen LogP contribution in [-0.2, 0) is 0 Å². The maximum Gasteiger partial charge on any atom is 0.278 e. The fourth-order valence-electron chi connectivity index (χ4n) is 1.75. The van der Waals surface area contributed by atoms with Crippen molar-refractivity contribution in [3.63, 3.8) is 0 Å². The second kappa shape index (κ2) is 3.59. The molecule has 0 fully saturated rings. The monoisotopic (exact) mass is 242 g/mol. The predicted octanol–water partition coefficient (Wildman–Crippen LogP) is 0.478. The summed E-state index contributed by atoms with van der Waals surface area (Å²) in [6, 6.07) is 7.18. The number of nitrogens with one attached hydrogen (secondary N) is 2. The molecule has 18 heavy (non-hydrogen) atoms. The summed E-state index contributed by atoms with van der Waals surface area (Å²) in [6.45, 7) is 0. The molecule has 0 amide bonds. The average Bonchev–Trinajstić information content (AvgIpc) is 2.73. The summed E-state index contributed by atoms with van der Waals surface area (Å²) in [7, 11) is 0. The van der Waals surface area contributed by atoms with Gasteiger partial charge in [-0.05, 0) is 12.1 Å². The molecule has 0 bridgehead atoms. The lowest BCUT2D eigenvalue weighted by Crippen LogP contribution is -2.10. The highest BCUT2D eigenvalue weighted by atomic mass is 16.1. The molecule has 3 aromatic rings. The van der Waals surface area contributed by atoms with E-state index in [-0.39, 0.29) is 17.2 Å². The van der Waals surface area contributed by atoms with Crippen LogP contribution in [0, 0.1) is 0 Å². The zero-order valence-corrected chi connectivity index (χ0v) is 9.27. The standard InChI is InChI=1S/C11H10N6O/c12-6-3-1-2-5(4-6)8-14-7-9(15-8)16-11(13)17-10(7)18/h1-4H,12H2,(H4,13,14,15,16,17,18). The molecule has 1 aromatic carbocycles. The van der Waals surface area contributed by atoms with Crippen molar-refractivity contribution in [1.82, 2.24) is 19.9 Å². The number of anilines is 2. The van der Waals surface area contributed by atoms with E-state index in [0.717, 1.165) is 5.56 Å². The van der Waals surface area contributed by atoms with Gasteiger partial charge in [0.25, 0.3) is 5.56 Å². The van der Waals surface area contributed by atoms with Crippen LogP contribution in [0.5, 0.6) is 0 Å². The van der Waals surface area contributed by atoms with E-state index in [4.69, 9.17) is 11.5 Å². The molecule has 0 aliphatic carbocycles. The number of imidazole rings is 1. The Labute approximate surface area is 101 Å². The lowest BCUT2D eigenvalue weighted by Gasteiger charge is -1.97. The van der Waals surface area contributed by atoms with Gasteiger partial charge in [-0.15, -0.1) is 0 Å². The molecular formula is C11H10N6O. The van der Waals surface area contributed by atoms with Crippen molar-refractivity contribution >= 4 is 22.8 Å². The Morgan fingerprint density at radius 2 is 1.94 bits per heavy atom. The van der Waals surface area contributed by atoms with Gasteiger partial charge < -0.3 is 16.5 Å². The maximum atomic E-state index is 11.6. The van der Waals surface area contributed by atoms with Crippen LogP contribution in [0.15, 0.2) is 29.1 Å². The Balaban J connectivity index is 2.26. The van der Waals surface area contributed by atoms with Crippen LogP contribution in [0.2, 0.25) is 0 Å². The van der Waals surface area contributed by atoms with Gasteiger partial charge in [-0.2, -0.15) is 4.98 Å². The van der Waals surface area contributed by atoms with Crippen LogP contribution >= 0.6 is 0 Å². The molecule has 3 rings (SSSR count). The average molecular weight is 242 g/mol. The number of nitrogens with two attached hydrogens (primary N) is 2. The van der Waals surface area contributed by atoms with Crippen LogP contribution in [0.25, 0.3) is 22.6 Å². The van der Waals surface area contributed by atoms with Crippen LogP contribution < -0.4 is 17.0 Å². The second-order valence-electron chi connectivity index (χ2n) is 3.86. The Morgan fingerprint density at radius 3 is 2.72 bits per heavy atom. The predicted molar refractivity (Wildman–Crippen MR) is 68.8 cm³/mol. The number of hydrogen-bond donors (Lipinski definition) is 4. The molecule has 0 saturated heterocycles. The summed E-state index contributed by atoms with van der Waals surface area (Å²) in [5, 5.41) is 0. The number of H-pyrrole nitrogens is 2. The topological polar surface area (TPSA) is 126 Å². The van der Waals surface area contributed by atoms with Crippen molar-refractivity contribution in [3.8, 4) is 11.4 Å². The van der Waals surface area contributed by atoms with Crippen molar-refractivity contribution in [1.29, 1.82) is 0 Å². The minimum atomic E-state index is -0.347.